The molecule has 2 aromatic carbocycles. The molecule has 1 heterocycles. The first-order valence-electron chi connectivity index (χ1n) is 10.2. The first kappa shape index (κ1) is 22.3. The molecule has 0 saturated heterocycles. The van der Waals surface area contributed by atoms with Crippen molar-refractivity contribution in [3.63, 3.8) is 0 Å². The van der Waals surface area contributed by atoms with Crippen molar-refractivity contribution in [3.05, 3.63) is 88.5 Å². The number of hydrogen-bond acceptors (Lipinski definition) is 5. The van der Waals surface area contributed by atoms with Gasteiger partial charge >= 0.3 is 11.9 Å². The van der Waals surface area contributed by atoms with Crippen LogP contribution in [0, 0.1) is 19.7 Å². The lowest BCUT2D eigenvalue weighted by Gasteiger charge is -2.30. The number of hydrogen-bond donors (Lipinski definition) is 0. The molecule has 0 amide bonds. The molecule has 162 valence electrons. The summed E-state index contributed by atoms with van der Waals surface area (Å²) in [5.41, 5.74) is 3.92. The molecule has 0 saturated carbocycles. The molecule has 3 rings (SSSR count). The molecule has 0 unspecified atom stereocenters. The minimum atomic E-state index is -0.809. The second-order valence-corrected chi connectivity index (χ2v) is 7.27. The minimum Gasteiger partial charge on any atom is -0.463 e. The monoisotopic (exact) mass is 423 g/mol. The topological polar surface area (TPSA) is 55.8 Å². The summed E-state index contributed by atoms with van der Waals surface area (Å²) in [7, 11) is 0. The zero-order valence-electron chi connectivity index (χ0n) is 18.1. The number of benzene rings is 2. The number of carbonyl (C=O) groups is 2. The molecule has 0 atom stereocenters. The van der Waals surface area contributed by atoms with Gasteiger partial charge in [-0.15, -0.1) is 0 Å². The van der Waals surface area contributed by atoms with E-state index in [4.69, 9.17) is 9.47 Å². The average molecular weight is 423 g/mol. The van der Waals surface area contributed by atoms with Crippen LogP contribution in [0.5, 0.6) is 0 Å². The third-order valence-corrected chi connectivity index (χ3v) is 5.17. The van der Waals surface area contributed by atoms with E-state index in [2.05, 4.69) is 0 Å². The predicted octanol–water partition coefficient (Wildman–Crippen LogP) is 4.94. The van der Waals surface area contributed by atoms with E-state index >= 15 is 0 Å². The zero-order valence-corrected chi connectivity index (χ0v) is 18.1. The van der Waals surface area contributed by atoms with Crippen molar-refractivity contribution in [1.29, 1.82) is 0 Å². The fourth-order valence-electron chi connectivity index (χ4n) is 3.50. The highest BCUT2D eigenvalue weighted by molar-refractivity contribution is 6.00. The summed E-state index contributed by atoms with van der Waals surface area (Å²) in [6, 6.07) is 11.7. The number of rotatable bonds is 6. The lowest BCUT2D eigenvalue weighted by molar-refractivity contribution is -0.139. The van der Waals surface area contributed by atoms with Crippen LogP contribution < -0.4 is 4.90 Å². The summed E-state index contributed by atoms with van der Waals surface area (Å²) >= 11 is 0. The summed E-state index contributed by atoms with van der Waals surface area (Å²) in [5, 5.41) is 0. The predicted molar refractivity (Wildman–Crippen MR) is 117 cm³/mol. The Morgan fingerprint density at radius 2 is 1.52 bits per heavy atom. The molecule has 0 radical (unpaired) electrons. The summed E-state index contributed by atoms with van der Waals surface area (Å²) in [6.45, 7) is 7.77. The molecular formula is C25H26FNO4. The van der Waals surface area contributed by atoms with Crippen LogP contribution in [0.25, 0.3) is 0 Å². The van der Waals surface area contributed by atoms with Crippen LogP contribution in [-0.2, 0) is 19.1 Å². The Kier molecular flexibility index (Phi) is 6.90. The van der Waals surface area contributed by atoms with Crippen LogP contribution in [0.1, 0.15) is 36.5 Å². The van der Waals surface area contributed by atoms with Gasteiger partial charge in [-0.05, 0) is 68.7 Å². The largest absolute Gasteiger partial charge is 0.463 e. The summed E-state index contributed by atoms with van der Waals surface area (Å²) in [4.78, 5) is 27.5. The van der Waals surface area contributed by atoms with Gasteiger partial charge in [0.15, 0.2) is 0 Å². The van der Waals surface area contributed by atoms with Crippen LogP contribution in [-0.4, -0.2) is 25.2 Å². The van der Waals surface area contributed by atoms with Crippen LogP contribution in [0.4, 0.5) is 10.1 Å². The quantitative estimate of drug-likeness (QED) is 0.616. The number of esters is 2. The number of anilines is 1. The van der Waals surface area contributed by atoms with Crippen molar-refractivity contribution in [2.45, 2.75) is 33.6 Å². The summed E-state index contributed by atoms with van der Waals surface area (Å²) < 4.78 is 24.6. The first-order chi connectivity index (χ1) is 14.8. The average Bonchev–Trinajstić information content (AvgIpc) is 2.75. The number of carbonyl (C=O) groups excluding carboxylic acids is 2. The molecule has 31 heavy (non-hydrogen) atoms. The standard InChI is InChI=1S/C25H26FNO4/c1-5-30-24(28)21-14-27(20-11-10-16(3)17(4)12-20)15-22(25(29)31-6-2)23(21)18-8-7-9-19(26)13-18/h7-15,23H,5-6H2,1-4H3. The normalized spacial score (nSPS) is 14.0. The molecule has 0 bridgehead atoms. The number of nitrogens with zero attached hydrogens (tertiary/aromatic N) is 1. The second kappa shape index (κ2) is 9.60. The van der Waals surface area contributed by atoms with E-state index in [0.717, 1.165) is 16.8 Å². The fraction of sp³-hybridized carbons (Fsp3) is 0.280. The Labute approximate surface area is 181 Å². The smallest absolute Gasteiger partial charge is 0.336 e. The van der Waals surface area contributed by atoms with Crippen molar-refractivity contribution >= 4 is 17.6 Å². The van der Waals surface area contributed by atoms with Gasteiger partial charge < -0.3 is 14.4 Å². The maximum atomic E-state index is 14.0. The Balaban J connectivity index is 2.19. The second-order valence-electron chi connectivity index (χ2n) is 7.27. The highest BCUT2D eigenvalue weighted by Gasteiger charge is 2.36. The lowest BCUT2D eigenvalue weighted by atomic mass is 9.83. The molecular weight excluding hydrogens is 397 g/mol. The van der Waals surface area contributed by atoms with Gasteiger partial charge in [0.25, 0.3) is 0 Å². The highest BCUT2D eigenvalue weighted by atomic mass is 19.1. The Morgan fingerprint density at radius 3 is 2.03 bits per heavy atom. The third-order valence-electron chi connectivity index (χ3n) is 5.17. The maximum Gasteiger partial charge on any atom is 0.336 e. The van der Waals surface area contributed by atoms with E-state index in [1.165, 1.54) is 12.1 Å². The van der Waals surface area contributed by atoms with Gasteiger partial charge in [0.1, 0.15) is 5.82 Å². The summed E-state index contributed by atoms with van der Waals surface area (Å²) in [5.74, 6) is -2.40. The fourth-order valence-corrected chi connectivity index (χ4v) is 3.50. The highest BCUT2D eigenvalue weighted by Crippen LogP contribution is 2.39. The molecule has 1 aliphatic heterocycles. The van der Waals surface area contributed by atoms with Gasteiger partial charge in [-0.25, -0.2) is 14.0 Å². The van der Waals surface area contributed by atoms with Crippen molar-refractivity contribution in [1.82, 2.24) is 0 Å². The molecule has 6 heteroatoms. The van der Waals surface area contributed by atoms with Crippen LogP contribution in [0.15, 0.2) is 66.0 Å². The SMILES string of the molecule is CCOC(=O)C1=CN(c2ccc(C)c(C)c2)C=C(C(=O)OCC)C1c1cccc(F)c1. The third kappa shape index (κ3) is 4.85. The number of ether oxygens (including phenoxy) is 2. The van der Waals surface area contributed by atoms with E-state index in [0.29, 0.717) is 5.56 Å². The van der Waals surface area contributed by atoms with Gasteiger partial charge in [-0.2, -0.15) is 0 Å². The van der Waals surface area contributed by atoms with Gasteiger partial charge in [-0.1, -0.05) is 18.2 Å². The van der Waals surface area contributed by atoms with E-state index in [1.807, 2.05) is 32.0 Å². The van der Waals surface area contributed by atoms with E-state index in [1.54, 1.807) is 43.3 Å². The molecule has 0 fully saturated rings. The molecule has 0 N–H and O–H groups in total. The molecule has 2 aromatic rings. The molecule has 0 aliphatic carbocycles. The van der Waals surface area contributed by atoms with Crippen LogP contribution >= 0.6 is 0 Å². The van der Waals surface area contributed by atoms with Crippen molar-refractivity contribution < 1.29 is 23.5 Å². The molecule has 0 aromatic heterocycles. The van der Waals surface area contributed by atoms with Crippen molar-refractivity contribution in [2.75, 3.05) is 18.1 Å². The Bertz CT molecular complexity index is 1020. The van der Waals surface area contributed by atoms with E-state index < -0.39 is 23.7 Å². The van der Waals surface area contributed by atoms with Crippen molar-refractivity contribution in [2.24, 2.45) is 0 Å². The molecule has 0 spiro atoms. The summed E-state index contributed by atoms with van der Waals surface area (Å²) in [6.07, 6.45) is 3.28. The Morgan fingerprint density at radius 1 is 0.903 bits per heavy atom. The van der Waals surface area contributed by atoms with E-state index in [-0.39, 0.29) is 24.4 Å². The van der Waals surface area contributed by atoms with E-state index in [9.17, 15) is 14.0 Å². The molecule has 5 nitrogen and oxygen atoms in total. The maximum absolute atomic E-state index is 14.0. The lowest BCUT2D eigenvalue weighted by Crippen LogP contribution is -2.29. The van der Waals surface area contributed by atoms with Crippen LogP contribution in [0.2, 0.25) is 0 Å². The molecule has 1 aliphatic rings. The zero-order chi connectivity index (χ0) is 22.5. The number of halogens is 1. The first-order valence-corrected chi connectivity index (χ1v) is 10.2. The van der Waals surface area contributed by atoms with Gasteiger partial charge in [0, 0.05) is 18.1 Å². The van der Waals surface area contributed by atoms with Crippen LogP contribution in [0.3, 0.4) is 0 Å². The minimum absolute atomic E-state index is 0.175. The Hall–Kier alpha value is -3.41. The van der Waals surface area contributed by atoms with Gasteiger partial charge in [0.2, 0.25) is 0 Å². The van der Waals surface area contributed by atoms with Crippen molar-refractivity contribution in [3.8, 4) is 0 Å². The van der Waals surface area contributed by atoms with Gasteiger partial charge in [0.05, 0.1) is 30.3 Å². The number of aryl methyl sites for hydroxylation is 2. The van der Waals surface area contributed by atoms with Gasteiger partial charge in [-0.3, -0.25) is 0 Å².